The van der Waals surface area contributed by atoms with Gasteiger partial charge in [-0.1, -0.05) is 23.2 Å². The number of amides is 2. The van der Waals surface area contributed by atoms with Crippen molar-refractivity contribution in [2.24, 2.45) is 0 Å². The number of alkyl halides is 2. The number of fused-ring (bicyclic) bond motifs is 1. The van der Waals surface area contributed by atoms with Crippen molar-refractivity contribution in [2.45, 2.75) is 19.6 Å². The number of carbonyl (C=O) groups is 2. The number of nitrogens with one attached hydrogen (secondary N) is 2. The molecular weight excluding hydrogens is 407 g/mol. The van der Waals surface area contributed by atoms with Crippen LogP contribution >= 0.6 is 23.2 Å². The molecule has 2 amide bonds. The van der Waals surface area contributed by atoms with Crippen molar-refractivity contribution in [3.63, 3.8) is 0 Å². The van der Waals surface area contributed by atoms with Crippen LogP contribution in [0.1, 0.15) is 17.3 Å². The summed E-state index contributed by atoms with van der Waals surface area (Å²) in [7, 11) is 0. The van der Waals surface area contributed by atoms with E-state index < -0.39 is 24.5 Å². The average Bonchev–Trinajstić information content (AvgIpc) is 2.59. The first-order valence-corrected chi connectivity index (χ1v) is 8.23. The number of aromatic nitrogens is 1. The number of nitrogens with zero attached hydrogens (tertiary/aromatic N) is 1. The van der Waals surface area contributed by atoms with Crippen molar-refractivity contribution in [3.8, 4) is 11.5 Å². The van der Waals surface area contributed by atoms with Crippen LogP contribution in [0.15, 0.2) is 24.5 Å². The van der Waals surface area contributed by atoms with Gasteiger partial charge in [-0.05, 0) is 19.1 Å². The summed E-state index contributed by atoms with van der Waals surface area (Å²) in [6.07, 6.45) is 1.61. The first kappa shape index (κ1) is 19.1. The number of benzene rings is 1. The van der Waals surface area contributed by atoms with Gasteiger partial charge in [0.2, 0.25) is 0 Å². The predicted molar refractivity (Wildman–Crippen MR) is 94.0 cm³/mol. The van der Waals surface area contributed by atoms with E-state index in [1.165, 1.54) is 25.4 Å². The number of hydrogen-bond acceptors (Lipinski definition) is 5. The highest BCUT2D eigenvalue weighted by Crippen LogP contribution is 2.42. The maximum Gasteiger partial charge on any atom is 0.387 e. The molecule has 0 saturated heterocycles. The van der Waals surface area contributed by atoms with E-state index in [2.05, 4.69) is 20.4 Å². The summed E-state index contributed by atoms with van der Waals surface area (Å²) in [6, 6.07) is 2.34. The fourth-order valence-electron chi connectivity index (χ4n) is 2.35. The first-order valence-electron chi connectivity index (χ1n) is 7.47. The number of rotatable bonds is 4. The van der Waals surface area contributed by atoms with Gasteiger partial charge >= 0.3 is 6.61 Å². The zero-order valence-electron chi connectivity index (χ0n) is 13.6. The van der Waals surface area contributed by atoms with E-state index in [-0.39, 0.29) is 38.5 Å². The second-order valence-electron chi connectivity index (χ2n) is 5.38. The molecule has 1 aromatic carbocycles. The lowest BCUT2D eigenvalue weighted by molar-refractivity contribution is -0.122. The molecule has 1 aliphatic rings. The van der Waals surface area contributed by atoms with Crippen LogP contribution in [0.4, 0.5) is 20.2 Å². The average molecular weight is 418 g/mol. The SMILES string of the molecule is C[C@H]1Oc2c(OC(F)F)ccc(C(=O)Nc3c(Cl)cncc3Cl)c2NC1=O. The van der Waals surface area contributed by atoms with Crippen LogP contribution in [0, 0.1) is 0 Å². The largest absolute Gasteiger partial charge is 0.475 e. The van der Waals surface area contributed by atoms with Crippen molar-refractivity contribution < 1.29 is 27.8 Å². The molecule has 27 heavy (non-hydrogen) atoms. The van der Waals surface area contributed by atoms with Gasteiger partial charge in [0.05, 0.1) is 21.3 Å². The van der Waals surface area contributed by atoms with Crippen LogP contribution < -0.4 is 20.1 Å². The molecular formula is C16H11Cl2F2N3O4. The summed E-state index contributed by atoms with van der Waals surface area (Å²) in [4.78, 5) is 28.4. The zero-order valence-corrected chi connectivity index (χ0v) is 15.1. The lowest BCUT2D eigenvalue weighted by Gasteiger charge is -2.26. The zero-order chi connectivity index (χ0) is 19.7. The van der Waals surface area contributed by atoms with Gasteiger partial charge in [0.15, 0.2) is 17.6 Å². The van der Waals surface area contributed by atoms with Crippen molar-refractivity contribution in [2.75, 3.05) is 10.6 Å². The van der Waals surface area contributed by atoms with Gasteiger partial charge in [0.25, 0.3) is 11.8 Å². The highest BCUT2D eigenvalue weighted by molar-refractivity contribution is 6.39. The Kier molecular flexibility index (Phi) is 5.33. The van der Waals surface area contributed by atoms with Crippen molar-refractivity contribution >= 4 is 46.4 Å². The van der Waals surface area contributed by atoms with Crippen LogP contribution in [-0.2, 0) is 4.79 Å². The molecule has 7 nitrogen and oxygen atoms in total. The Bertz CT molecular complexity index is 907. The first-order chi connectivity index (χ1) is 12.8. The van der Waals surface area contributed by atoms with E-state index in [0.717, 1.165) is 6.07 Å². The van der Waals surface area contributed by atoms with Gasteiger partial charge < -0.3 is 20.1 Å². The lowest BCUT2D eigenvalue weighted by Crippen LogP contribution is -2.36. The molecule has 1 atom stereocenters. The Morgan fingerprint density at radius 2 is 2.00 bits per heavy atom. The van der Waals surface area contributed by atoms with E-state index in [1.54, 1.807) is 0 Å². The molecule has 0 bridgehead atoms. The fourth-order valence-corrected chi connectivity index (χ4v) is 2.81. The van der Waals surface area contributed by atoms with Gasteiger partial charge in [0.1, 0.15) is 5.69 Å². The summed E-state index contributed by atoms with van der Waals surface area (Å²) in [6.45, 7) is -1.69. The third-order valence-electron chi connectivity index (χ3n) is 3.59. The number of anilines is 2. The molecule has 1 aromatic heterocycles. The summed E-state index contributed by atoms with van der Waals surface area (Å²) in [5.41, 5.74) is -0.0534. The van der Waals surface area contributed by atoms with Crippen LogP contribution in [0.2, 0.25) is 10.0 Å². The van der Waals surface area contributed by atoms with E-state index >= 15 is 0 Å². The maximum absolute atomic E-state index is 12.7. The second kappa shape index (κ2) is 7.53. The summed E-state index contributed by atoms with van der Waals surface area (Å²) >= 11 is 11.9. The van der Waals surface area contributed by atoms with Gasteiger partial charge in [-0.3, -0.25) is 14.6 Å². The molecule has 11 heteroatoms. The fraction of sp³-hybridized carbons (Fsp3) is 0.188. The summed E-state index contributed by atoms with van der Waals surface area (Å²) < 4.78 is 35.0. The highest BCUT2D eigenvalue weighted by Gasteiger charge is 2.31. The molecule has 0 unspecified atom stereocenters. The Balaban J connectivity index is 2.02. The minimum absolute atomic E-state index is 0.0594. The minimum Gasteiger partial charge on any atom is -0.475 e. The Morgan fingerprint density at radius 3 is 2.63 bits per heavy atom. The van der Waals surface area contributed by atoms with Crippen LogP contribution in [-0.4, -0.2) is 29.5 Å². The molecule has 3 rings (SSSR count). The van der Waals surface area contributed by atoms with E-state index in [0.29, 0.717) is 0 Å². The molecule has 2 aromatic rings. The van der Waals surface area contributed by atoms with Crippen LogP contribution in [0.5, 0.6) is 11.5 Å². The molecule has 1 aliphatic heterocycles. The Morgan fingerprint density at radius 1 is 1.33 bits per heavy atom. The highest BCUT2D eigenvalue weighted by atomic mass is 35.5. The number of carbonyl (C=O) groups excluding carboxylic acids is 2. The van der Waals surface area contributed by atoms with E-state index in [4.69, 9.17) is 27.9 Å². The number of hydrogen-bond donors (Lipinski definition) is 2. The molecule has 2 N–H and O–H groups in total. The predicted octanol–water partition coefficient (Wildman–Crippen LogP) is 3.96. The van der Waals surface area contributed by atoms with E-state index in [9.17, 15) is 18.4 Å². The molecule has 0 aliphatic carbocycles. The number of ether oxygens (including phenoxy) is 2. The summed E-state index contributed by atoms with van der Waals surface area (Å²) in [5.74, 6) is -1.75. The standard InChI is InChI=1S/C16H11Cl2F2N3O4/c1-6-14(24)22-11-7(2-3-10(13(11)26-6)27-16(19)20)15(25)23-12-8(17)4-21-5-9(12)18/h2-6,16H,1H3,(H,22,24)(H,21,23,25)/t6-/m1/s1. The molecule has 142 valence electrons. The molecule has 2 heterocycles. The number of pyridine rings is 1. The quantitative estimate of drug-likeness (QED) is 0.785. The smallest absolute Gasteiger partial charge is 0.387 e. The topological polar surface area (TPSA) is 89.6 Å². The van der Waals surface area contributed by atoms with Gasteiger partial charge in [-0.2, -0.15) is 8.78 Å². The van der Waals surface area contributed by atoms with Crippen molar-refractivity contribution in [1.29, 1.82) is 0 Å². The van der Waals surface area contributed by atoms with Crippen molar-refractivity contribution in [3.05, 3.63) is 40.1 Å². The minimum atomic E-state index is -3.11. The third-order valence-corrected chi connectivity index (χ3v) is 4.16. The molecule has 0 fully saturated rings. The van der Waals surface area contributed by atoms with E-state index in [1.807, 2.05) is 0 Å². The van der Waals surface area contributed by atoms with Gasteiger partial charge in [0, 0.05) is 12.4 Å². The van der Waals surface area contributed by atoms with Crippen LogP contribution in [0.25, 0.3) is 0 Å². The van der Waals surface area contributed by atoms with Crippen molar-refractivity contribution in [1.82, 2.24) is 4.98 Å². The Labute approximate surface area is 161 Å². The lowest BCUT2D eigenvalue weighted by atomic mass is 10.1. The Hall–Kier alpha value is -2.65. The summed E-state index contributed by atoms with van der Waals surface area (Å²) in [5, 5.41) is 5.14. The normalized spacial score (nSPS) is 15.6. The maximum atomic E-state index is 12.7. The van der Waals surface area contributed by atoms with Crippen LogP contribution in [0.3, 0.4) is 0 Å². The monoisotopic (exact) mass is 417 g/mol. The third kappa shape index (κ3) is 3.88. The molecule has 0 radical (unpaired) electrons. The van der Waals surface area contributed by atoms with Gasteiger partial charge in [-0.15, -0.1) is 0 Å². The molecule has 0 saturated carbocycles. The number of halogens is 4. The van der Waals surface area contributed by atoms with Gasteiger partial charge in [-0.25, -0.2) is 0 Å². The molecule has 0 spiro atoms. The second-order valence-corrected chi connectivity index (χ2v) is 6.19.